The minimum atomic E-state index is -0.0356. The number of nitrogens with one attached hydrogen (secondary N) is 2. The van der Waals surface area contributed by atoms with Crippen molar-refractivity contribution >= 4 is 5.91 Å². The lowest BCUT2D eigenvalue weighted by Crippen LogP contribution is -2.24. The van der Waals surface area contributed by atoms with Crippen LogP contribution in [-0.4, -0.2) is 47.7 Å². The Morgan fingerprint density at radius 2 is 2.35 bits per heavy atom. The number of aromatic nitrogens is 3. The molecule has 1 aromatic rings. The molecule has 1 amide bonds. The molecule has 7 nitrogen and oxygen atoms in total. The number of amides is 1. The quantitative estimate of drug-likeness (QED) is 0.579. The Morgan fingerprint density at radius 1 is 1.53 bits per heavy atom. The Morgan fingerprint density at radius 3 is 3.06 bits per heavy atom. The predicted molar refractivity (Wildman–Crippen MR) is 62.3 cm³/mol. The van der Waals surface area contributed by atoms with Gasteiger partial charge in [0.15, 0.2) is 0 Å². The zero-order chi connectivity index (χ0) is 12.5. The van der Waals surface area contributed by atoms with Crippen LogP contribution in [0.5, 0.6) is 0 Å². The van der Waals surface area contributed by atoms with Crippen molar-refractivity contribution in [3.63, 3.8) is 0 Å². The molecule has 96 valence electrons. The molecule has 0 radical (unpaired) electrons. The van der Waals surface area contributed by atoms with E-state index < -0.39 is 0 Å². The van der Waals surface area contributed by atoms with Crippen molar-refractivity contribution in [3.05, 3.63) is 11.9 Å². The normalized spacial score (nSPS) is 10.5. The lowest BCUT2D eigenvalue weighted by Gasteiger charge is -2.01. The molecule has 7 heteroatoms. The minimum Gasteiger partial charge on any atom is -0.383 e. The first-order valence-electron chi connectivity index (χ1n) is 5.55. The van der Waals surface area contributed by atoms with E-state index in [9.17, 15) is 4.79 Å². The van der Waals surface area contributed by atoms with Gasteiger partial charge in [-0.05, 0) is 0 Å². The van der Waals surface area contributed by atoms with Crippen molar-refractivity contribution in [1.29, 1.82) is 0 Å². The highest BCUT2D eigenvalue weighted by molar-refractivity contribution is 5.72. The fourth-order valence-corrected chi connectivity index (χ4v) is 1.27. The topological polar surface area (TPSA) is 81.1 Å². The molecule has 0 aromatic carbocycles. The van der Waals surface area contributed by atoms with Gasteiger partial charge in [-0.25, -0.2) is 0 Å². The molecule has 0 saturated carbocycles. The smallest absolute Gasteiger partial charge is 0.216 e. The first kappa shape index (κ1) is 13.6. The van der Waals surface area contributed by atoms with Crippen LogP contribution in [0.3, 0.4) is 0 Å². The Kier molecular flexibility index (Phi) is 6.19. The number of ether oxygens (including phenoxy) is 1. The van der Waals surface area contributed by atoms with Gasteiger partial charge >= 0.3 is 0 Å². The molecule has 0 aliphatic carbocycles. The number of nitrogens with zero attached hydrogens (tertiary/aromatic N) is 3. The summed E-state index contributed by atoms with van der Waals surface area (Å²) in [5.74, 6) is -0.0356. The maximum atomic E-state index is 10.7. The van der Waals surface area contributed by atoms with Gasteiger partial charge in [-0.1, -0.05) is 5.21 Å². The Balaban J connectivity index is 2.20. The number of hydrogen-bond donors (Lipinski definition) is 2. The molecule has 1 heterocycles. The molecule has 2 N–H and O–H groups in total. The van der Waals surface area contributed by atoms with E-state index in [-0.39, 0.29) is 5.91 Å². The second-order valence-corrected chi connectivity index (χ2v) is 3.63. The number of hydrogen-bond acceptors (Lipinski definition) is 5. The molecule has 0 saturated heterocycles. The summed E-state index contributed by atoms with van der Waals surface area (Å²) in [5, 5.41) is 13.8. The molecule has 0 fully saturated rings. The molecule has 0 unspecified atom stereocenters. The van der Waals surface area contributed by atoms with Crippen molar-refractivity contribution in [2.75, 3.05) is 26.8 Å². The van der Waals surface area contributed by atoms with Crippen LogP contribution < -0.4 is 10.6 Å². The van der Waals surface area contributed by atoms with Crippen molar-refractivity contribution in [3.8, 4) is 0 Å². The summed E-state index contributed by atoms with van der Waals surface area (Å²) in [7, 11) is 1.67. The van der Waals surface area contributed by atoms with Crippen molar-refractivity contribution in [2.45, 2.75) is 20.0 Å². The first-order chi connectivity index (χ1) is 8.22. The fraction of sp³-hybridized carbons (Fsp3) is 0.700. The number of methoxy groups -OCH3 is 1. The van der Waals surface area contributed by atoms with Crippen LogP contribution in [0.15, 0.2) is 6.20 Å². The van der Waals surface area contributed by atoms with E-state index in [1.54, 1.807) is 11.8 Å². The van der Waals surface area contributed by atoms with E-state index in [1.807, 2.05) is 6.20 Å². The van der Waals surface area contributed by atoms with Crippen LogP contribution in [0, 0.1) is 0 Å². The van der Waals surface area contributed by atoms with Crippen molar-refractivity contribution in [2.24, 2.45) is 0 Å². The molecule has 17 heavy (non-hydrogen) atoms. The molecule has 1 aromatic heterocycles. The molecule has 0 aliphatic rings. The number of carbonyl (C=O) groups is 1. The van der Waals surface area contributed by atoms with Crippen LogP contribution in [0.1, 0.15) is 12.6 Å². The average molecular weight is 241 g/mol. The van der Waals surface area contributed by atoms with Crippen LogP contribution >= 0.6 is 0 Å². The molecule has 0 bridgehead atoms. The summed E-state index contributed by atoms with van der Waals surface area (Å²) >= 11 is 0. The summed E-state index contributed by atoms with van der Waals surface area (Å²) in [5.41, 5.74) is 0.879. The van der Waals surface area contributed by atoms with E-state index in [4.69, 9.17) is 4.74 Å². The van der Waals surface area contributed by atoms with E-state index >= 15 is 0 Å². The molecular formula is C10H19N5O2. The van der Waals surface area contributed by atoms with Gasteiger partial charge in [0, 0.05) is 39.9 Å². The van der Waals surface area contributed by atoms with Gasteiger partial charge in [-0.2, -0.15) is 0 Å². The molecule has 0 atom stereocenters. The minimum absolute atomic E-state index is 0.0356. The summed E-state index contributed by atoms with van der Waals surface area (Å²) in [4.78, 5) is 10.7. The highest BCUT2D eigenvalue weighted by Crippen LogP contribution is 1.91. The number of carbonyl (C=O) groups excluding carboxylic acids is 1. The van der Waals surface area contributed by atoms with E-state index in [0.717, 1.165) is 12.2 Å². The van der Waals surface area contributed by atoms with Crippen LogP contribution in [0.2, 0.25) is 0 Å². The summed E-state index contributed by atoms with van der Waals surface area (Å²) in [6, 6.07) is 0. The lowest BCUT2D eigenvalue weighted by molar-refractivity contribution is -0.118. The maximum Gasteiger partial charge on any atom is 0.216 e. The molecule has 1 rings (SSSR count). The maximum absolute atomic E-state index is 10.7. The van der Waals surface area contributed by atoms with Crippen LogP contribution in [0.25, 0.3) is 0 Å². The summed E-state index contributed by atoms with van der Waals surface area (Å²) in [6.07, 6.45) is 1.86. The highest BCUT2D eigenvalue weighted by atomic mass is 16.5. The van der Waals surface area contributed by atoms with Crippen molar-refractivity contribution in [1.82, 2.24) is 25.6 Å². The third-order valence-electron chi connectivity index (χ3n) is 2.09. The largest absolute Gasteiger partial charge is 0.383 e. The summed E-state index contributed by atoms with van der Waals surface area (Å²) in [6.45, 7) is 4.82. The second kappa shape index (κ2) is 7.75. The van der Waals surface area contributed by atoms with Gasteiger partial charge in [0.1, 0.15) is 0 Å². The van der Waals surface area contributed by atoms with Crippen LogP contribution in [-0.2, 0) is 22.6 Å². The van der Waals surface area contributed by atoms with Crippen molar-refractivity contribution < 1.29 is 9.53 Å². The highest BCUT2D eigenvalue weighted by Gasteiger charge is 2.00. The van der Waals surface area contributed by atoms with Gasteiger partial charge in [0.05, 0.1) is 18.8 Å². The molecule has 0 spiro atoms. The van der Waals surface area contributed by atoms with E-state index in [0.29, 0.717) is 26.2 Å². The van der Waals surface area contributed by atoms with Gasteiger partial charge in [-0.3, -0.25) is 9.48 Å². The van der Waals surface area contributed by atoms with E-state index in [1.165, 1.54) is 6.92 Å². The third kappa shape index (κ3) is 5.98. The Bertz CT molecular complexity index is 339. The average Bonchev–Trinajstić information content (AvgIpc) is 2.72. The standard InChI is InChI=1S/C10H19N5O2/c1-9(16)12-3-5-15-8-10(13-14-15)7-11-4-6-17-2/h8,11H,3-7H2,1-2H3,(H,12,16). The van der Waals surface area contributed by atoms with E-state index in [2.05, 4.69) is 20.9 Å². The number of rotatable bonds is 8. The lowest BCUT2D eigenvalue weighted by atomic mass is 10.4. The summed E-state index contributed by atoms with van der Waals surface area (Å²) < 4.78 is 6.63. The zero-order valence-corrected chi connectivity index (χ0v) is 10.3. The predicted octanol–water partition coefficient (Wildman–Crippen LogP) is -0.850. The monoisotopic (exact) mass is 241 g/mol. The second-order valence-electron chi connectivity index (χ2n) is 3.63. The fourth-order valence-electron chi connectivity index (χ4n) is 1.27. The van der Waals surface area contributed by atoms with Gasteiger partial charge in [0.25, 0.3) is 0 Å². The SMILES string of the molecule is COCCNCc1cn(CCNC(C)=O)nn1. The Labute approximate surface area is 101 Å². The molecular weight excluding hydrogens is 222 g/mol. The van der Waals surface area contributed by atoms with Crippen LogP contribution in [0.4, 0.5) is 0 Å². The van der Waals surface area contributed by atoms with Gasteiger partial charge < -0.3 is 15.4 Å². The molecule has 0 aliphatic heterocycles. The zero-order valence-electron chi connectivity index (χ0n) is 10.3. The Hall–Kier alpha value is -1.47. The van der Waals surface area contributed by atoms with Gasteiger partial charge in [0.2, 0.25) is 5.91 Å². The van der Waals surface area contributed by atoms with Gasteiger partial charge in [-0.15, -0.1) is 5.10 Å². The first-order valence-corrected chi connectivity index (χ1v) is 5.55. The third-order valence-corrected chi connectivity index (χ3v) is 2.09.